The van der Waals surface area contributed by atoms with Crippen LogP contribution in [0.15, 0.2) is 12.2 Å². The Balaban J connectivity index is 4.03. The Kier molecular flexibility index (Phi) is 7.24. The summed E-state index contributed by atoms with van der Waals surface area (Å²) in [6.45, 7) is 13.7. The van der Waals surface area contributed by atoms with Crippen LogP contribution in [0.2, 0.25) is 12.6 Å². The minimum absolute atomic E-state index is 0.154. The highest BCUT2D eigenvalue weighted by molar-refractivity contribution is 6.65. The highest BCUT2D eigenvalue weighted by Gasteiger charge is 2.31. The van der Waals surface area contributed by atoms with Crippen LogP contribution in [0.25, 0.3) is 0 Å². The third kappa shape index (κ3) is 7.71. The van der Waals surface area contributed by atoms with E-state index in [1.807, 2.05) is 6.92 Å². The van der Waals surface area contributed by atoms with Crippen LogP contribution < -0.4 is 0 Å². The third-order valence-corrected chi connectivity index (χ3v) is 5.85. The number of hydrogen-bond donors (Lipinski definition) is 0. The average Bonchev–Trinajstić information content (AvgIpc) is 2.25. The van der Waals surface area contributed by atoms with Gasteiger partial charge in [-0.2, -0.15) is 0 Å². The van der Waals surface area contributed by atoms with Crippen molar-refractivity contribution in [2.45, 2.75) is 39.8 Å². The maximum atomic E-state index is 5.63. The second-order valence-corrected chi connectivity index (χ2v) is 9.24. The van der Waals surface area contributed by atoms with E-state index in [2.05, 4.69) is 27.0 Å². The molecular formula is C13H28O3Si. The largest absolute Gasteiger partial charge is 0.398 e. The zero-order valence-electron chi connectivity index (χ0n) is 12.3. The summed E-state index contributed by atoms with van der Waals surface area (Å²) < 4.78 is 16.6. The fraction of sp³-hybridized carbons (Fsp3) is 0.846. The Hall–Kier alpha value is -0.163. The Morgan fingerprint density at radius 3 is 2.18 bits per heavy atom. The second-order valence-electron chi connectivity index (χ2n) is 5.66. The molecule has 0 heterocycles. The zero-order valence-corrected chi connectivity index (χ0v) is 13.3. The Morgan fingerprint density at radius 2 is 1.76 bits per heavy atom. The molecule has 0 radical (unpaired) electrons. The average molecular weight is 260 g/mol. The third-order valence-electron chi connectivity index (χ3n) is 2.96. The Labute approximate surface area is 107 Å². The quantitative estimate of drug-likeness (QED) is 0.470. The minimum Gasteiger partial charge on any atom is -0.398 e. The molecule has 0 aliphatic heterocycles. The van der Waals surface area contributed by atoms with Crippen LogP contribution in [0, 0.1) is 5.41 Å². The van der Waals surface area contributed by atoms with Gasteiger partial charge in [0, 0.05) is 14.2 Å². The van der Waals surface area contributed by atoms with E-state index in [4.69, 9.17) is 13.6 Å². The van der Waals surface area contributed by atoms with Crippen LogP contribution in [0.1, 0.15) is 27.2 Å². The first-order valence-corrected chi connectivity index (χ1v) is 8.59. The van der Waals surface area contributed by atoms with Gasteiger partial charge in [0.1, 0.15) is 0 Å². The fourth-order valence-corrected chi connectivity index (χ4v) is 3.13. The zero-order chi connectivity index (χ0) is 13.5. The van der Waals surface area contributed by atoms with Gasteiger partial charge in [-0.15, -0.1) is 0 Å². The summed E-state index contributed by atoms with van der Waals surface area (Å²) in [5.74, 6) is 0. The highest BCUT2D eigenvalue weighted by Crippen LogP contribution is 2.27. The van der Waals surface area contributed by atoms with Gasteiger partial charge in [-0.1, -0.05) is 26.0 Å². The topological polar surface area (TPSA) is 27.7 Å². The van der Waals surface area contributed by atoms with E-state index in [0.717, 1.165) is 24.6 Å². The summed E-state index contributed by atoms with van der Waals surface area (Å²) in [7, 11) is 1.53. The number of ether oxygens (including phenoxy) is 1. The molecule has 0 amide bonds. The lowest BCUT2D eigenvalue weighted by atomic mass is 9.91. The molecule has 0 fully saturated rings. The summed E-state index contributed by atoms with van der Waals surface area (Å²) in [5.41, 5.74) is 1.22. The van der Waals surface area contributed by atoms with Crippen molar-refractivity contribution >= 4 is 8.56 Å². The molecule has 4 heteroatoms. The highest BCUT2D eigenvalue weighted by atomic mass is 28.4. The maximum absolute atomic E-state index is 5.63. The molecule has 0 aromatic carbocycles. The van der Waals surface area contributed by atoms with E-state index in [1.54, 1.807) is 14.2 Å². The standard InChI is InChI=1S/C13H28O3Si/c1-12(2)10-16-11-13(3,4)8-9-17(7,14-5)15-6/h1,8-11H2,2-7H3. The molecule has 3 nitrogen and oxygen atoms in total. The lowest BCUT2D eigenvalue weighted by Crippen LogP contribution is -2.37. The molecular weight excluding hydrogens is 232 g/mol. The van der Waals surface area contributed by atoms with Gasteiger partial charge < -0.3 is 13.6 Å². The normalized spacial score (nSPS) is 12.8. The lowest BCUT2D eigenvalue weighted by molar-refractivity contribution is 0.0728. The van der Waals surface area contributed by atoms with E-state index in [-0.39, 0.29) is 5.41 Å². The van der Waals surface area contributed by atoms with Gasteiger partial charge in [-0.05, 0) is 31.4 Å². The predicted octanol–water partition coefficient (Wildman–Crippen LogP) is 3.36. The minimum atomic E-state index is -1.94. The van der Waals surface area contributed by atoms with E-state index in [0.29, 0.717) is 6.61 Å². The van der Waals surface area contributed by atoms with Gasteiger partial charge in [0.05, 0.1) is 13.2 Å². The van der Waals surface area contributed by atoms with Gasteiger partial charge >= 0.3 is 8.56 Å². The molecule has 0 saturated heterocycles. The molecule has 0 unspecified atom stereocenters. The molecule has 102 valence electrons. The summed E-state index contributed by atoms with van der Waals surface area (Å²) in [4.78, 5) is 0. The summed E-state index contributed by atoms with van der Waals surface area (Å²) in [5, 5.41) is 0. The smallest absolute Gasteiger partial charge is 0.334 e. The first kappa shape index (κ1) is 16.8. The van der Waals surface area contributed by atoms with Crippen molar-refractivity contribution in [1.82, 2.24) is 0 Å². The molecule has 0 aromatic rings. The van der Waals surface area contributed by atoms with Crippen LogP contribution in [-0.2, 0) is 13.6 Å². The van der Waals surface area contributed by atoms with Crippen molar-refractivity contribution in [2.24, 2.45) is 5.41 Å². The van der Waals surface area contributed by atoms with Crippen LogP contribution in [0.4, 0.5) is 0 Å². The first-order chi connectivity index (χ1) is 7.74. The second kappa shape index (κ2) is 7.31. The van der Waals surface area contributed by atoms with Crippen LogP contribution >= 0.6 is 0 Å². The van der Waals surface area contributed by atoms with Crippen LogP contribution in [0.3, 0.4) is 0 Å². The van der Waals surface area contributed by atoms with Crippen molar-refractivity contribution in [3.63, 3.8) is 0 Å². The van der Waals surface area contributed by atoms with Crippen molar-refractivity contribution in [1.29, 1.82) is 0 Å². The molecule has 0 spiro atoms. The molecule has 0 aromatic heterocycles. The summed E-state index contributed by atoms with van der Waals surface area (Å²) in [6.07, 6.45) is 1.05. The lowest BCUT2D eigenvalue weighted by Gasteiger charge is -2.29. The van der Waals surface area contributed by atoms with Crippen molar-refractivity contribution in [3.8, 4) is 0 Å². The summed E-state index contributed by atoms with van der Waals surface area (Å²) in [6, 6.07) is 0.990. The number of hydrogen-bond acceptors (Lipinski definition) is 3. The van der Waals surface area contributed by atoms with Gasteiger partial charge in [-0.3, -0.25) is 0 Å². The molecule has 17 heavy (non-hydrogen) atoms. The van der Waals surface area contributed by atoms with E-state index in [1.165, 1.54) is 0 Å². The van der Waals surface area contributed by atoms with Gasteiger partial charge in [0.15, 0.2) is 0 Å². The molecule has 0 atom stereocenters. The molecule has 0 rings (SSSR count). The van der Waals surface area contributed by atoms with Gasteiger partial charge in [0.2, 0.25) is 0 Å². The summed E-state index contributed by atoms with van der Waals surface area (Å²) >= 11 is 0. The van der Waals surface area contributed by atoms with Gasteiger partial charge in [0.25, 0.3) is 0 Å². The molecule has 0 saturated carbocycles. The van der Waals surface area contributed by atoms with Gasteiger partial charge in [-0.25, -0.2) is 0 Å². The van der Waals surface area contributed by atoms with Crippen molar-refractivity contribution in [2.75, 3.05) is 27.4 Å². The maximum Gasteiger partial charge on any atom is 0.334 e. The predicted molar refractivity (Wildman–Crippen MR) is 74.5 cm³/mol. The molecule has 0 aliphatic carbocycles. The fourth-order valence-electron chi connectivity index (χ4n) is 1.43. The van der Waals surface area contributed by atoms with E-state index < -0.39 is 8.56 Å². The van der Waals surface area contributed by atoms with Crippen molar-refractivity contribution < 1.29 is 13.6 Å². The van der Waals surface area contributed by atoms with Crippen molar-refractivity contribution in [3.05, 3.63) is 12.2 Å². The Bertz CT molecular complexity index is 235. The van der Waals surface area contributed by atoms with Crippen LogP contribution in [0.5, 0.6) is 0 Å². The monoisotopic (exact) mass is 260 g/mol. The first-order valence-electron chi connectivity index (χ1n) is 6.07. The SMILES string of the molecule is C=C(C)COCC(C)(C)CC[Si](C)(OC)OC. The van der Waals surface area contributed by atoms with E-state index >= 15 is 0 Å². The number of rotatable bonds is 9. The Morgan fingerprint density at radius 1 is 1.24 bits per heavy atom. The molecule has 0 N–H and O–H groups in total. The molecule has 0 bridgehead atoms. The van der Waals surface area contributed by atoms with E-state index in [9.17, 15) is 0 Å². The molecule has 0 aliphatic rings. The van der Waals surface area contributed by atoms with Crippen LogP contribution in [-0.4, -0.2) is 36.0 Å².